The fourth-order valence-corrected chi connectivity index (χ4v) is 3.71. The zero-order valence-corrected chi connectivity index (χ0v) is 12.8. The van der Waals surface area contributed by atoms with E-state index in [2.05, 4.69) is 10.3 Å². The van der Waals surface area contributed by atoms with Gasteiger partial charge in [0.2, 0.25) is 6.41 Å². The molecule has 1 unspecified atom stereocenters. The molecule has 0 aromatic carbocycles. The Morgan fingerprint density at radius 1 is 1.48 bits per heavy atom. The number of hydrogen-bond acceptors (Lipinski definition) is 4. The zero-order chi connectivity index (χ0) is 15.9. The number of nitrogens with one attached hydrogen (secondary N) is 1. The molecule has 2 amide bonds. The lowest BCUT2D eigenvalue weighted by Crippen LogP contribution is -2.35. The van der Waals surface area contributed by atoms with E-state index in [-0.39, 0.29) is 5.91 Å². The van der Waals surface area contributed by atoms with Gasteiger partial charge in [0.15, 0.2) is 11.3 Å². The molecule has 0 radical (unpaired) electrons. The summed E-state index contributed by atoms with van der Waals surface area (Å²) in [5.74, 6) is 0.679. The molecule has 2 aromatic rings. The largest absolute Gasteiger partial charge is 0.449 e. The first-order valence-electron chi connectivity index (χ1n) is 8.01. The molecule has 1 atom stereocenters. The molecule has 2 aliphatic rings. The molecule has 120 valence electrons. The van der Waals surface area contributed by atoms with Gasteiger partial charge in [-0.05, 0) is 42.7 Å². The summed E-state index contributed by atoms with van der Waals surface area (Å²) >= 11 is 0. The predicted octanol–water partition coefficient (Wildman–Crippen LogP) is 1.82. The fourth-order valence-electron chi connectivity index (χ4n) is 3.71. The third-order valence-corrected chi connectivity index (χ3v) is 5.36. The standard InChI is InChI=1S/C17H19N3O3/c21-11-20-5-2-17(3-6-20)8-13(17)9-19-16(22)14-7-12-1-4-18-10-15(12)23-14/h1,4,7,10-11,13H,2-3,5-6,8-9H2,(H,19,22). The zero-order valence-electron chi connectivity index (χ0n) is 12.8. The Labute approximate surface area is 133 Å². The number of piperidine rings is 1. The molecule has 0 bridgehead atoms. The average molecular weight is 313 g/mol. The van der Waals surface area contributed by atoms with Crippen LogP contribution in [0.5, 0.6) is 0 Å². The van der Waals surface area contributed by atoms with Crippen molar-refractivity contribution in [3.8, 4) is 0 Å². The summed E-state index contributed by atoms with van der Waals surface area (Å²) in [5.41, 5.74) is 0.965. The first-order chi connectivity index (χ1) is 11.2. The lowest BCUT2D eigenvalue weighted by Gasteiger charge is -2.30. The lowest BCUT2D eigenvalue weighted by atomic mass is 9.91. The summed E-state index contributed by atoms with van der Waals surface area (Å²) in [7, 11) is 0. The van der Waals surface area contributed by atoms with Crippen LogP contribution in [0, 0.1) is 11.3 Å². The number of hydrogen-bond donors (Lipinski definition) is 1. The molecule has 1 aliphatic heterocycles. The molecule has 6 heteroatoms. The van der Waals surface area contributed by atoms with Crippen LogP contribution in [0.15, 0.2) is 28.9 Å². The third-order valence-electron chi connectivity index (χ3n) is 5.36. The summed E-state index contributed by atoms with van der Waals surface area (Å²) in [6.07, 6.45) is 7.46. The van der Waals surface area contributed by atoms with E-state index in [0.717, 1.165) is 44.1 Å². The normalized spacial score (nSPS) is 22.3. The van der Waals surface area contributed by atoms with Crippen LogP contribution >= 0.6 is 0 Å². The molecule has 4 rings (SSSR count). The van der Waals surface area contributed by atoms with Crippen molar-refractivity contribution in [3.63, 3.8) is 0 Å². The molecule has 23 heavy (non-hydrogen) atoms. The van der Waals surface area contributed by atoms with Crippen LogP contribution in [0.2, 0.25) is 0 Å². The minimum absolute atomic E-state index is 0.173. The van der Waals surface area contributed by atoms with Crippen LogP contribution in [0.3, 0.4) is 0 Å². The van der Waals surface area contributed by atoms with Crippen molar-refractivity contribution in [1.29, 1.82) is 0 Å². The number of pyridine rings is 1. The predicted molar refractivity (Wildman–Crippen MR) is 83.8 cm³/mol. The first kappa shape index (κ1) is 14.2. The smallest absolute Gasteiger partial charge is 0.287 e. The first-order valence-corrected chi connectivity index (χ1v) is 8.01. The van der Waals surface area contributed by atoms with Crippen LogP contribution < -0.4 is 5.32 Å². The van der Waals surface area contributed by atoms with Gasteiger partial charge in [0.05, 0.1) is 6.20 Å². The maximum Gasteiger partial charge on any atom is 0.287 e. The third kappa shape index (κ3) is 2.58. The molecule has 3 heterocycles. The number of carbonyl (C=O) groups excluding carboxylic acids is 2. The number of rotatable bonds is 4. The highest BCUT2D eigenvalue weighted by Crippen LogP contribution is 2.58. The van der Waals surface area contributed by atoms with Crippen molar-refractivity contribution in [2.24, 2.45) is 11.3 Å². The Morgan fingerprint density at radius 3 is 3.04 bits per heavy atom. The number of carbonyl (C=O) groups is 2. The van der Waals surface area contributed by atoms with Crippen LogP contribution in [0.4, 0.5) is 0 Å². The van der Waals surface area contributed by atoms with E-state index in [4.69, 9.17) is 4.42 Å². The Bertz CT molecular complexity index is 713. The number of nitrogens with zero attached hydrogens (tertiary/aromatic N) is 2. The van der Waals surface area contributed by atoms with Gasteiger partial charge >= 0.3 is 0 Å². The van der Waals surface area contributed by atoms with Gasteiger partial charge in [0.1, 0.15) is 0 Å². The Morgan fingerprint density at radius 2 is 2.30 bits per heavy atom. The summed E-state index contributed by atoms with van der Waals surface area (Å²) in [4.78, 5) is 28.8. The van der Waals surface area contributed by atoms with E-state index in [0.29, 0.717) is 29.2 Å². The van der Waals surface area contributed by atoms with Gasteiger partial charge in [0, 0.05) is 31.2 Å². The highest BCUT2D eigenvalue weighted by Gasteiger charge is 2.54. The van der Waals surface area contributed by atoms with Gasteiger partial charge < -0.3 is 14.6 Å². The maximum atomic E-state index is 12.2. The fraction of sp³-hybridized carbons (Fsp3) is 0.471. The van der Waals surface area contributed by atoms with Crippen molar-refractivity contribution in [2.75, 3.05) is 19.6 Å². The van der Waals surface area contributed by atoms with Crippen molar-refractivity contribution >= 4 is 23.3 Å². The lowest BCUT2D eigenvalue weighted by molar-refractivity contribution is -0.119. The molecule has 6 nitrogen and oxygen atoms in total. The van der Waals surface area contributed by atoms with Crippen molar-refractivity contribution in [1.82, 2.24) is 15.2 Å². The summed E-state index contributed by atoms with van der Waals surface area (Å²) < 4.78 is 5.53. The Kier molecular flexibility index (Phi) is 3.32. The molecule has 1 N–H and O–H groups in total. The molecular weight excluding hydrogens is 294 g/mol. The molecule has 2 fully saturated rings. The highest BCUT2D eigenvalue weighted by molar-refractivity contribution is 5.95. The Balaban J connectivity index is 1.33. The van der Waals surface area contributed by atoms with E-state index in [1.165, 1.54) is 0 Å². The second kappa shape index (κ2) is 5.37. The van der Waals surface area contributed by atoms with Gasteiger partial charge in [-0.15, -0.1) is 0 Å². The second-order valence-corrected chi connectivity index (χ2v) is 6.64. The van der Waals surface area contributed by atoms with Gasteiger partial charge in [-0.2, -0.15) is 0 Å². The average Bonchev–Trinajstić information content (AvgIpc) is 3.06. The van der Waals surface area contributed by atoms with E-state index < -0.39 is 0 Å². The molecule has 1 spiro atoms. The molecule has 1 aliphatic carbocycles. The van der Waals surface area contributed by atoms with Crippen LogP contribution in [0.25, 0.3) is 11.0 Å². The van der Waals surface area contributed by atoms with E-state index >= 15 is 0 Å². The number of furan rings is 1. The monoisotopic (exact) mass is 313 g/mol. The van der Waals surface area contributed by atoms with Crippen molar-refractivity contribution < 1.29 is 14.0 Å². The number of fused-ring (bicyclic) bond motifs is 1. The van der Waals surface area contributed by atoms with Crippen LogP contribution in [-0.2, 0) is 4.79 Å². The van der Waals surface area contributed by atoms with Crippen LogP contribution in [-0.4, -0.2) is 41.8 Å². The molecule has 1 saturated carbocycles. The summed E-state index contributed by atoms with van der Waals surface area (Å²) in [5, 5.41) is 3.87. The van der Waals surface area contributed by atoms with E-state index in [9.17, 15) is 9.59 Å². The minimum Gasteiger partial charge on any atom is -0.449 e. The van der Waals surface area contributed by atoms with Crippen molar-refractivity contribution in [2.45, 2.75) is 19.3 Å². The van der Waals surface area contributed by atoms with Gasteiger partial charge in [0.25, 0.3) is 5.91 Å². The topological polar surface area (TPSA) is 75.4 Å². The van der Waals surface area contributed by atoms with Gasteiger partial charge in [-0.25, -0.2) is 0 Å². The summed E-state index contributed by atoms with van der Waals surface area (Å²) in [6.45, 7) is 2.35. The van der Waals surface area contributed by atoms with Crippen LogP contribution in [0.1, 0.15) is 29.8 Å². The number of amides is 2. The van der Waals surface area contributed by atoms with Crippen molar-refractivity contribution in [3.05, 3.63) is 30.3 Å². The number of aromatic nitrogens is 1. The van der Waals surface area contributed by atoms with E-state index in [1.807, 2.05) is 11.0 Å². The Hall–Kier alpha value is -2.37. The summed E-state index contributed by atoms with van der Waals surface area (Å²) in [6, 6.07) is 3.57. The molecule has 2 aromatic heterocycles. The molecule has 1 saturated heterocycles. The quantitative estimate of drug-likeness (QED) is 0.874. The second-order valence-electron chi connectivity index (χ2n) is 6.64. The maximum absolute atomic E-state index is 12.2. The van der Waals surface area contributed by atoms with E-state index in [1.54, 1.807) is 18.5 Å². The van der Waals surface area contributed by atoms with Gasteiger partial charge in [-0.1, -0.05) is 0 Å². The number of likely N-dealkylation sites (tertiary alicyclic amines) is 1. The minimum atomic E-state index is -0.173. The molecular formula is C17H19N3O3. The highest BCUT2D eigenvalue weighted by atomic mass is 16.3. The SMILES string of the molecule is O=CN1CCC2(CC1)CC2CNC(=O)c1cc2ccncc2o1. The van der Waals surface area contributed by atoms with Gasteiger partial charge in [-0.3, -0.25) is 14.6 Å².